The Morgan fingerprint density at radius 3 is 2.42 bits per heavy atom. The van der Waals surface area contributed by atoms with Gasteiger partial charge in [-0.15, -0.1) is 0 Å². The van der Waals surface area contributed by atoms with Gasteiger partial charge in [0.05, 0.1) is 0 Å². The fourth-order valence-electron chi connectivity index (χ4n) is 2.79. The quantitative estimate of drug-likeness (QED) is 0.678. The molecule has 0 saturated heterocycles. The number of hydrogen-bond donors (Lipinski definition) is 1. The van der Waals surface area contributed by atoms with Gasteiger partial charge in [0.2, 0.25) is 5.78 Å². The molecule has 1 unspecified atom stereocenters. The average molecular weight is 276 g/mol. The number of Topliss-reactive ketones (excluding diaryl/α,β-unsaturated/α-hetero) is 1. The lowest BCUT2D eigenvalue weighted by Crippen LogP contribution is -2.46. The molecule has 0 radical (unpaired) electrons. The number of rotatable bonds is 8. The summed E-state index contributed by atoms with van der Waals surface area (Å²) in [5.41, 5.74) is 0. The highest BCUT2D eigenvalue weighted by atomic mass is 19.3. The van der Waals surface area contributed by atoms with Gasteiger partial charge in [-0.25, -0.2) is 0 Å². The molecule has 1 saturated carbocycles. The number of aliphatic hydroxyl groups is 1. The SMILES string of the molecule is CCCCCCC(=O)C(F)(F)C(O)C1CCCCC1. The summed E-state index contributed by atoms with van der Waals surface area (Å²) in [5.74, 6) is -5.06. The smallest absolute Gasteiger partial charge is 0.330 e. The lowest BCUT2D eigenvalue weighted by Gasteiger charge is -2.31. The van der Waals surface area contributed by atoms with Gasteiger partial charge in [0.25, 0.3) is 0 Å². The second kappa shape index (κ2) is 7.93. The Morgan fingerprint density at radius 2 is 1.84 bits per heavy atom. The van der Waals surface area contributed by atoms with Crippen molar-refractivity contribution in [3.63, 3.8) is 0 Å². The molecular weight excluding hydrogens is 250 g/mol. The molecule has 0 bridgehead atoms. The molecule has 0 heterocycles. The number of ketones is 1. The van der Waals surface area contributed by atoms with E-state index in [0.29, 0.717) is 19.3 Å². The monoisotopic (exact) mass is 276 g/mol. The molecule has 19 heavy (non-hydrogen) atoms. The van der Waals surface area contributed by atoms with E-state index in [1.807, 2.05) is 6.92 Å². The number of carbonyl (C=O) groups is 1. The second-order valence-corrected chi connectivity index (χ2v) is 5.70. The lowest BCUT2D eigenvalue weighted by atomic mass is 9.81. The van der Waals surface area contributed by atoms with E-state index in [2.05, 4.69) is 0 Å². The van der Waals surface area contributed by atoms with Crippen molar-refractivity contribution in [2.24, 2.45) is 5.92 Å². The van der Waals surface area contributed by atoms with Gasteiger partial charge in [-0.2, -0.15) is 8.78 Å². The molecule has 0 aromatic carbocycles. The summed E-state index contributed by atoms with van der Waals surface area (Å²) in [6.45, 7) is 2.03. The standard InChI is InChI=1S/C15H26F2O2/c1-2-3-4-8-11-13(18)15(16,17)14(19)12-9-6-5-7-10-12/h12,14,19H,2-11H2,1H3. The van der Waals surface area contributed by atoms with E-state index in [-0.39, 0.29) is 6.42 Å². The number of unbranched alkanes of at least 4 members (excludes halogenated alkanes) is 3. The van der Waals surface area contributed by atoms with E-state index < -0.39 is 23.7 Å². The number of hydrogen-bond acceptors (Lipinski definition) is 2. The first-order valence-corrected chi connectivity index (χ1v) is 7.59. The average Bonchev–Trinajstić information content (AvgIpc) is 2.43. The molecule has 112 valence electrons. The van der Waals surface area contributed by atoms with Crippen LogP contribution < -0.4 is 0 Å². The zero-order valence-corrected chi connectivity index (χ0v) is 11.8. The van der Waals surface area contributed by atoms with Crippen molar-refractivity contribution in [3.8, 4) is 0 Å². The summed E-state index contributed by atoms with van der Waals surface area (Å²) in [7, 11) is 0. The topological polar surface area (TPSA) is 37.3 Å². The summed E-state index contributed by atoms with van der Waals surface area (Å²) in [6.07, 6.45) is 5.39. The molecule has 0 amide bonds. The number of halogens is 2. The molecule has 2 nitrogen and oxygen atoms in total. The van der Waals surface area contributed by atoms with Crippen LogP contribution in [0.4, 0.5) is 8.78 Å². The summed E-state index contributed by atoms with van der Waals surface area (Å²) in [5, 5.41) is 9.80. The van der Waals surface area contributed by atoms with E-state index >= 15 is 0 Å². The van der Waals surface area contributed by atoms with E-state index in [1.54, 1.807) is 0 Å². The first kappa shape index (κ1) is 16.5. The molecule has 1 N–H and O–H groups in total. The maximum atomic E-state index is 13.9. The van der Waals surface area contributed by atoms with Crippen LogP contribution >= 0.6 is 0 Å². The van der Waals surface area contributed by atoms with Crippen molar-refractivity contribution in [1.29, 1.82) is 0 Å². The first-order valence-electron chi connectivity index (χ1n) is 7.59. The zero-order valence-electron chi connectivity index (χ0n) is 11.8. The van der Waals surface area contributed by atoms with Crippen molar-refractivity contribution in [1.82, 2.24) is 0 Å². The van der Waals surface area contributed by atoms with E-state index in [9.17, 15) is 18.7 Å². The molecule has 0 spiro atoms. The van der Waals surface area contributed by atoms with Gasteiger partial charge in [-0.1, -0.05) is 45.4 Å². The Morgan fingerprint density at radius 1 is 1.21 bits per heavy atom. The third kappa shape index (κ3) is 4.83. The van der Waals surface area contributed by atoms with E-state index in [0.717, 1.165) is 38.5 Å². The van der Waals surface area contributed by atoms with Crippen LogP contribution in [0.1, 0.15) is 71.1 Å². The Balaban J connectivity index is 2.44. The molecule has 0 aromatic heterocycles. The van der Waals surface area contributed by atoms with Gasteiger partial charge in [-0.3, -0.25) is 4.79 Å². The van der Waals surface area contributed by atoms with Crippen molar-refractivity contribution in [2.45, 2.75) is 83.2 Å². The van der Waals surface area contributed by atoms with Gasteiger partial charge in [0.1, 0.15) is 6.10 Å². The Bertz CT molecular complexity index is 273. The molecule has 1 atom stereocenters. The molecule has 4 heteroatoms. The van der Waals surface area contributed by atoms with Crippen LogP contribution in [0.15, 0.2) is 0 Å². The molecular formula is C15H26F2O2. The van der Waals surface area contributed by atoms with Crippen molar-refractivity contribution in [2.75, 3.05) is 0 Å². The van der Waals surface area contributed by atoms with Crippen LogP contribution in [-0.4, -0.2) is 22.9 Å². The highest BCUT2D eigenvalue weighted by molar-refractivity contribution is 5.86. The minimum atomic E-state index is -3.56. The maximum absolute atomic E-state index is 13.9. The highest BCUT2D eigenvalue weighted by Crippen LogP contribution is 2.35. The molecule has 1 rings (SSSR count). The van der Waals surface area contributed by atoms with Gasteiger partial charge < -0.3 is 5.11 Å². The third-order valence-electron chi connectivity index (χ3n) is 4.10. The van der Waals surface area contributed by atoms with Crippen LogP contribution in [0.3, 0.4) is 0 Å². The Kier molecular flexibility index (Phi) is 6.90. The summed E-state index contributed by atoms with van der Waals surface area (Å²) in [6, 6.07) is 0. The first-order chi connectivity index (χ1) is 9.00. The van der Waals surface area contributed by atoms with Crippen LogP contribution in [0.25, 0.3) is 0 Å². The van der Waals surface area contributed by atoms with Crippen LogP contribution in [0.5, 0.6) is 0 Å². The summed E-state index contributed by atoms with van der Waals surface area (Å²) in [4.78, 5) is 11.6. The van der Waals surface area contributed by atoms with Crippen LogP contribution in [0.2, 0.25) is 0 Å². The van der Waals surface area contributed by atoms with Crippen LogP contribution in [0, 0.1) is 5.92 Å². The third-order valence-corrected chi connectivity index (χ3v) is 4.10. The molecule has 1 fully saturated rings. The van der Waals surface area contributed by atoms with Gasteiger partial charge >= 0.3 is 5.92 Å². The Hall–Kier alpha value is -0.510. The minimum Gasteiger partial charge on any atom is -0.386 e. The summed E-state index contributed by atoms with van der Waals surface area (Å²) < 4.78 is 27.8. The van der Waals surface area contributed by atoms with Crippen LogP contribution in [-0.2, 0) is 4.79 Å². The van der Waals surface area contributed by atoms with E-state index in [1.165, 1.54) is 0 Å². The normalized spacial score (nSPS) is 19.4. The van der Waals surface area contributed by atoms with Crippen molar-refractivity contribution in [3.05, 3.63) is 0 Å². The molecule has 1 aliphatic rings. The molecule has 0 aliphatic heterocycles. The van der Waals surface area contributed by atoms with Crippen molar-refractivity contribution < 1.29 is 18.7 Å². The second-order valence-electron chi connectivity index (χ2n) is 5.70. The highest BCUT2D eigenvalue weighted by Gasteiger charge is 2.48. The molecule has 1 aliphatic carbocycles. The predicted molar refractivity (Wildman–Crippen MR) is 71.3 cm³/mol. The lowest BCUT2D eigenvalue weighted by molar-refractivity contribution is -0.169. The Labute approximate surface area is 114 Å². The largest absolute Gasteiger partial charge is 0.386 e. The predicted octanol–water partition coefficient (Wildman–Crippen LogP) is 4.10. The fourth-order valence-corrected chi connectivity index (χ4v) is 2.79. The van der Waals surface area contributed by atoms with Gasteiger partial charge in [-0.05, 0) is 25.2 Å². The summed E-state index contributed by atoms with van der Waals surface area (Å²) >= 11 is 0. The maximum Gasteiger partial charge on any atom is 0.330 e. The number of carbonyl (C=O) groups excluding carboxylic acids is 1. The van der Waals surface area contributed by atoms with Gasteiger partial charge in [0, 0.05) is 6.42 Å². The van der Waals surface area contributed by atoms with E-state index in [4.69, 9.17) is 0 Å². The molecule has 0 aromatic rings. The zero-order chi connectivity index (χ0) is 14.3. The number of alkyl halides is 2. The minimum absolute atomic E-state index is 0.114. The van der Waals surface area contributed by atoms with Crippen molar-refractivity contribution >= 4 is 5.78 Å². The van der Waals surface area contributed by atoms with Gasteiger partial charge in [0.15, 0.2) is 0 Å². The fraction of sp³-hybridized carbons (Fsp3) is 0.933. The number of aliphatic hydroxyl groups excluding tert-OH is 1.